The first-order valence-electron chi connectivity index (χ1n) is 7.46. The molecule has 2 aromatic carbocycles. The van der Waals surface area contributed by atoms with Crippen LogP contribution >= 0.6 is 11.8 Å². The molecule has 0 aliphatic rings. The third-order valence-corrected chi connectivity index (χ3v) is 4.35. The van der Waals surface area contributed by atoms with E-state index in [2.05, 4.69) is 5.32 Å². The molecule has 2 rings (SSSR count). The fourth-order valence-electron chi connectivity index (χ4n) is 2.38. The van der Waals surface area contributed by atoms with Gasteiger partial charge >= 0.3 is 0 Å². The molecule has 0 spiro atoms. The van der Waals surface area contributed by atoms with E-state index in [0.29, 0.717) is 12.8 Å². The smallest absolute Gasteiger partial charge is 0.224 e. The predicted octanol–water partition coefficient (Wildman–Crippen LogP) is 3.00. The maximum atomic E-state index is 12.1. The average Bonchev–Trinajstić information content (AvgIpc) is 2.52. The van der Waals surface area contributed by atoms with Gasteiger partial charge in [0.15, 0.2) is 0 Å². The van der Waals surface area contributed by atoms with Gasteiger partial charge in [-0.3, -0.25) is 4.79 Å². The van der Waals surface area contributed by atoms with Crippen LogP contribution in [0.4, 0.5) is 0 Å². The molecule has 0 bridgehead atoms. The zero-order valence-electron chi connectivity index (χ0n) is 13.1. The number of rotatable bonds is 7. The summed E-state index contributed by atoms with van der Waals surface area (Å²) in [6, 6.07) is 14.1. The summed E-state index contributed by atoms with van der Waals surface area (Å²) in [4.78, 5) is 12.1. The first kappa shape index (κ1) is 16.8. The van der Waals surface area contributed by atoms with E-state index < -0.39 is 5.60 Å². The van der Waals surface area contributed by atoms with Crippen molar-refractivity contribution in [2.24, 2.45) is 0 Å². The minimum Gasteiger partial charge on any atom is -0.388 e. The lowest BCUT2D eigenvalue weighted by Crippen LogP contribution is -2.41. The van der Waals surface area contributed by atoms with Crippen molar-refractivity contribution >= 4 is 28.4 Å². The van der Waals surface area contributed by atoms with Crippen LogP contribution in [0, 0.1) is 0 Å². The van der Waals surface area contributed by atoms with Gasteiger partial charge < -0.3 is 10.4 Å². The zero-order chi connectivity index (χ0) is 16.0. The highest BCUT2D eigenvalue weighted by Crippen LogP contribution is 2.19. The van der Waals surface area contributed by atoms with Gasteiger partial charge in [-0.25, -0.2) is 0 Å². The number of carbonyl (C=O) groups excluding carboxylic acids is 1. The molecule has 3 nitrogen and oxygen atoms in total. The molecule has 0 fully saturated rings. The summed E-state index contributed by atoms with van der Waals surface area (Å²) in [6.45, 7) is 2.05. The van der Waals surface area contributed by atoms with Crippen LogP contribution in [0.5, 0.6) is 0 Å². The molecule has 22 heavy (non-hydrogen) atoms. The number of hydrogen-bond acceptors (Lipinski definition) is 3. The molecule has 0 saturated carbocycles. The van der Waals surface area contributed by atoms with Gasteiger partial charge in [-0.2, -0.15) is 11.8 Å². The van der Waals surface area contributed by atoms with E-state index in [0.717, 1.165) is 22.1 Å². The van der Waals surface area contributed by atoms with Gasteiger partial charge in [0.25, 0.3) is 0 Å². The van der Waals surface area contributed by atoms with E-state index in [1.165, 1.54) is 0 Å². The predicted molar refractivity (Wildman–Crippen MR) is 94.3 cm³/mol. The Labute approximate surface area is 136 Å². The van der Waals surface area contributed by atoms with Gasteiger partial charge in [0, 0.05) is 6.54 Å². The molecule has 0 aliphatic heterocycles. The lowest BCUT2D eigenvalue weighted by Gasteiger charge is -2.23. The molecule has 0 radical (unpaired) electrons. The summed E-state index contributed by atoms with van der Waals surface area (Å²) in [5.74, 6) is 0.826. The van der Waals surface area contributed by atoms with Crippen LogP contribution < -0.4 is 5.32 Å². The fourth-order valence-corrected chi connectivity index (χ4v) is 3.03. The summed E-state index contributed by atoms with van der Waals surface area (Å²) in [5.41, 5.74) is 0.164. The van der Waals surface area contributed by atoms with Crippen LogP contribution in [-0.2, 0) is 11.2 Å². The van der Waals surface area contributed by atoms with E-state index in [1.54, 1.807) is 18.7 Å². The van der Waals surface area contributed by atoms with Crippen molar-refractivity contribution in [2.75, 3.05) is 18.6 Å². The lowest BCUT2D eigenvalue weighted by atomic mass is 10.0. The molecule has 1 unspecified atom stereocenters. The van der Waals surface area contributed by atoms with Crippen molar-refractivity contribution in [1.82, 2.24) is 5.32 Å². The van der Waals surface area contributed by atoms with Gasteiger partial charge in [-0.05, 0) is 41.7 Å². The van der Waals surface area contributed by atoms with Crippen LogP contribution in [0.25, 0.3) is 10.8 Å². The minimum atomic E-state index is -0.850. The van der Waals surface area contributed by atoms with Crippen molar-refractivity contribution in [3.63, 3.8) is 0 Å². The average molecular weight is 317 g/mol. The third kappa shape index (κ3) is 4.75. The SMILES string of the molecule is CSCCC(C)(O)CNC(=O)Cc1cccc2ccccc12. The van der Waals surface area contributed by atoms with Crippen LogP contribution in [0.15, 0.2) is 42.5 Å². The number of nitrogens with one attached hydrogen (secondary N) is 1. The second kappa shape index (κ2) is 7.65. The highest BCUT2D eigenvalue weighted by molar-refractivity contribution is 7.98. The quantitative estimate of drug-likeness (QED) is 0.825. The second-order valence-corrected chi connectivity index (χ2v) is 6.82. The molecule has 1 atom stereocenters. The number of thioether (sulfide) groups is 1. The van der Waals surface area contributed by atoms with Crippen LogP contribution in [-0.4, -0.2) is 35.2 Å². The summed E-state index contributed by atoms with van der Waals surface area (Å²) in [6.07, 6.45) is 3.01. The molecule has 0 aromatic heterocycles. The molecule has 2 N–H and O–H groups in total. The van der Waals surface area contributed by atoms with Gasteiger partial charge in [0.1, 0.15) is 0 Å². The number of amides is 1. The maximum Gasteiger partial charge on any atom is 0.224 e. The van der Waals surface area contributed by atoms with E-state index in [1.807, 2.05) is 48.7 Å². The molecular weight excluding hydrogens is 294 g/mol. The van der Waals surface area contributed by atoms with Crippen LogP contribution in [0.2, 0.25) is 0 Å². The lowest BCUT2D eigenvalue weighted by molar-refractivity contribution is -0.121. The summed E-state index contributed by atoms with van der Waals surface area (Å²) < 4.78 is 0. The number of hydrogen-bond donors (Lipinski definition) is 2. The first-order valence-corrected chi connectivity index (χ1v) is 8.86. The van der Waals surface area contributed by atoms with Crippen molar-refractivity contribution < 1.29 is 9.90 Å². The third-order valence-electron chi connectivity index (χ3n) is 3.74. The van der Waals surface area contributed by atoms with E-state index in [4.69, 9.17) is 0 Å². The first-order chi connectivity index (χ1) is 10.5. The highest BCUT2D eigenvalue weighted by atomic mass is 32.2. The van der Waals surface area contributed by atoms with Gasteiger partial charge in [0.05, 0.1) is 12.0 Å². The molecular formula is C18H23NO2S. The Morgan fingerprint density at radius 1 is 1.23 bits per heavy atom. The Bertz CT molecular complexity index is 635. The molecule has 118 valence electrons. The number of fused-ring (bicyclic) bond motifs is 1. The normalized spacial score (nSPS) is 13.8. The van der Waals surface area contributed by atoms with Crippen LogP contribution in [0.3, 0.4) is 0 Å². The summed E-state index contributed by atoms with van der Waals surface area (Å²) >= 11 is 1.69. The van der Waals surface area contributed by atoms with Gasteiger partial charge in [-0.1, -0.05) is 42.5 Å². The standard InChI is InChI=1S/C18H23NO2S/c1-18(21,10-11-22-2)13-19-17(20)12-15-8-5-7-14-6-3-4-9-16(14)15/h3-9,21H,10-13H2,1-2H3,(H,19,20). The fraction of sp³-hybridized carbons (Fsp3) is 0.389. The highest BCUT2D eigenvalue weighted by Gasteiger charge is 2.20. The maximum absolute atomic E-state index is 12.1. The van der Waals surface area contributed by atoms with Gasteiger partial charge in [-0.15, -0.1) is 0 Å². The topological polar surface area (TPSA) is 49.3 Å². The molecule has 2 aromatic rings. The number of carbonyl (C=O) groups is 1. The van der Waals surface area contributed by atoms with Crippen LogP contribution in [0.1, 0.15) is 18.9 Å². The Kier molecular flexibility index (Phi) is 5.86. The summed E-state index contributed by atoms with van der Waals surface area (Å²) in [7, 11) is 0. The van der Waals surface area contributed by atoms with E-state index >= 15 is 0 Å². The van der Waals surface area contributed by atoms with E-state index in [-0.39, 0.29) is 12.5 Å². The van der Waals surface area contributed by atoms with Gasteiger partial charge in [0.2, 0.25) is 5.91 Å². The molecule has 4 heteroatoms. The molecule has 0 aliphatic carbocycles. The largest absolute Gasteiger partial charge is 0.388 e. The minimum absolute atomic E-state index is 0.0548. The molecule has 1 amide bonds. The number of benzene rings is 2. The van der Waals surface area contributed by atoms with Crippen molar-refractivity contribution in [2.45, 2.75) is 25.4 Å². The number of aliphatic hydroxyl groups is 1. The molecule has 0 saturated heterocycles. The van der Waals surface area contributed by atoms with Crippen molar-refractivity contribution in [3.8, 4) is 0 Å². The van der Waals surface area contributed by atoms with Crippen molar-refractivity contribution in [3.05, 3.63) is 48.0 Å². The zero-order valence-corrected chi connectivity index (χ0v) is 14.0. The van der Waals surface area contributed by atoms with Crippen molar-refractivity contribution in [1.29, 1.82) is 0 Å². The second-order valence-electron chi connectivity index (χ2n) is 5.83. The molecule has 0 heterocycles. The Hall–Kier alpha value is -1.52. The Morgan fingerprint density at radius 2 is 1.95 bits per heavy atom. The monoisotopic (exact) mass is 317 g/mol. The summed E-state index contributed by atoms with van der Waals surface area (Å²) in [5, 5.41) is 15.3. The Morgan fingerprint density at radius 3 is 2.73 bits per heavy atom. The Balaban J connectivity index is 1.97. The van der Waals surface area contributed by atoms with E-state index in [9.17, 15) is 9.90 Å².